The third kappa shape index (κ3) is 3.86. The molecule has 4 heteroatoms. The second-order valence-electron chi connectivity index (χ2n) is 8.79. The van der Waals surface area contributed by atoms with Crippen LogP contribution >= 0.6 is 7.29 Å². The lowest BCUT2D eigenvalue weighted by atomic mass is 9.84. The maximum Gasteiger partial charge on any atom is 0.198 e. The van der Waals surface area contributed by atoms with E-state index in [1.807, 2.05) is 72.3 Å². The molecular weight excluding hydrogens is 377 g/mol. The zero-order valence-corrected chi connectivity index (χ0v) is 17.7. The van der Waals surface area contributed by atoms with Gasteiger partial charge in [-0.1, -0.05) is 67.1 Å². The van der Waals surface area contributed by atoms with Gasteiger partial charge >= 0.3 is 0 Å². The van der Waals surface area contributed by atoms with Crippen molar-refractivity contribution in [3.05, 3.63) is 83.4 Å². The van der Waals surface area contributed by atoms with Crippen LogP contribution in [0.15, 0.2) is 72.3 Å². The van der Waals surface area contributed by atoms with Crippen molar-refractivity contribution >= 4 is 18.8 Å². The molecule has 3 nitrogen and oxygen atoms in total. The first-order chi connectivity index (χ1) is 14.1. The Labute approximate surface area is 173 Å². The van der Waals surface area contributed by atoms with Crippen molar-refractivity contribution in [1.82, 2.24) is 5.09 Å². The number of hydrogen-bond donors (Lipinski definition) is 1. The van der Waals surface area contributed by atoms with Crippen molar-refractivity contribution in [1.29, 1.82) is 0 Å². The molecule has 0 radical (unpaired) electrons. The molecule has 1 heterocycles. The van der Waals surface area contributed by atoms with Gasteiger partial charge in [0.1, 0.15) is 11.5 Å². The molecule has 29 heavy (non-hydrogen) atoms. The largest absolute Gasteiger partial charge is 0.456 e. The molecule has 2 bridgehead atoms. The Morgan fingerprint density at radius 2 is 1.48 bits per heavy atom. The Morgan fingerprint density at radius 1 is 0.897 bits per heavy atom. The van der Waals surface area contributed by atoms with E-state index in [2.05, 4.69) is 12.0 Å². The van der Waals surface area contributed by atoms with Crippen molar-refractivity contribution in [3.8, 4) is 0 Å². The van der Waals surface area contributed by atoms with E-state index >= 15 is 0 Å². The number of hydrogen-bond acceptors (Lipinski definition) is 2. The average Bonchev–Trinajstić information content (AvgIpc) is 3.38. The van der Waals surface area contributed by atoms with E-state index in [1.54, 1.807) is 0 Å². The van der Waals surface area contributed by atoms with Gasteiger partial charge < -0.3 is 4.74 Å². The van der Waals surface area contributed by atoms with E-state index in [4.69, 9.17) is 4.74 Å². The topological polar surface area (TPSA) is 38.3 Å². The smallest absolute Gasteiger partial charge is 0.198 e. The van der Waals surface area contributed by atoms with E-state index < -0.39 is 7.29 Å². The second kappa shape index (κ2) is 7.63. The molecule has 3 aliphatic rings. The minimum atomic E-state index is -2.89. The Bertz CT molecular complexity index is 923. The highest BCUT2D eigenvalue weighted by molar-refractivity contribution is 7.68. The molecule has 5 rings (SSSR count). The van der Waals surface area contributed by atoms with Crippen LogP contribution in [0.3, 0.4) is 0 Å². The molecule has 1 aliphatic heterocycles. The van der Waals surface area contributed by atoms with Crippen molar-refractivity contribution in [3.63, 3.8) is 0 Å². The van der Waals surface area contributed by atoms with Gasteiger partial charge in [0.15, 0.2) is 7.29 Å². The molecule has 2 saturated carbocycles. The van der Waals surface area contributed by atoms with E-state index in [1.165, 1.54) is 25.7 Å². The van der Waals surface area contributed by atoms with Crippen molar-refractivity contribution in [2.24, 2.45) is 17.8 Å². The Kier molecular flexibility index (Phi) is 4.97. The SMILES string of the molecule is C[C@H](NP1(=O)C=C(c2ccccc2)OC(c2ccccc2)=C1)[C@@H]1C[C@H]2CC[C@H]1C2. The van der Waals surface area contributed by atoms with Crippen LogP contribution in [0.1, 0.15) is 43.7 Å². The summed E-state index contributed by atoms with van der Waals surface area (Å²) in [6.45, 7) is 2.21. The first kappa shape index (κ1) is 18.9. The monoisotopic (exact) mass is 405 g/mol. The van der Waals surface area contributed by atoms with Crippen LogP contribution in [-0.2, 0) is 9.30 Å². The van der Waals surface area contributed by atoms with Crippen LogP contribution in [-0.4, -0.2) is 6.04 Å². The molecule has 2 fully saturated rings. The second-order valence-corrected chi connectivity index (χ2v) is 11.0. The fourth-order valence-electron chi connectivity index (χ4n) is 5.42. The molecule has 2 aliphatic carbocycles. The molecule has 1 N–H and O–H groups in total. The third-order valence-corrected chi connectivity index (χ3v) is 8.84. The van der Waals surface area contributed by atoms with Gasteiger partial charge in [-0.3, -0.25) is 9.65 Å². The van der Waals surface area contributed by atoms with Gasteiger partial charge in [-0.25, -0.2) is 0 Å². The lowest BCUT2D eigenvalue weighted by Gasteiger charge is -2.32. The van der Waals surface area contributed by atoms with Gasteiger partial charge in [0.25, 0.3) is 0 Å². The summed E-state index contributed by atoms with van der Waals surface area (Å²) in [6, 6.07) is 20.1. The lowest BCUT2D eigenvalue weighted by Crippen LogP contribution is -2.34. The van der Waals surface area contributed by atoms with E-state index in [9.17, 15) is 4.57 Å². The minimum absolute atomic E-state index is 0.232. The molecule has 0 amide bonds. The van der Waals surface area contributed by atoms with E-state index in [0.29, 0.717) is 17.4 Å². The highest BCUT2D eigenvalue weighted by Crippen LogP contribution is 2.56. The van der Waals surface area contributed by atoms with Crippen molar-refractivity contribution in [2.45, 2.75) is 38.6 Å². The summed E-state index contributed by atoms with van der Waals surface area (Å²) < 4.78 is 20.3. The van der Waals surface area contributed by atoms with E-state index in [-0.39, 0.29) is 6.04 Å². The molecule has 0 saturated heterocycles. The van der Waals surface area contributed by atoms with Crippen molar-refractivity contribution < 1.29 is 9.30 Å². The fourth-order valence-corrected chi connectivity index (χ4v) is 7.58. The molecule has 4 atom stereocenters. The van der Waals surface area contributed by atoms with Gasteiger partial charge in [-0.15, -0.1) is 0 Å². The normalized spacial score (nSPS) is 28.4. The van der Waals surface area contributed by atoms with Crippen LogP contribution in [0, 0.1) is 17.8 Å². The quantitative estimate of drug-likeness (QED) is 0.562. The number of ether oxygens (including phenoxy) is 1. The summed E-state index contributed by atoms with van der Waals surface area (Å²) in [5, 5.41) is 3.54. The first-order valence-corrected chi connectivity index (χ1v) is 12.6. The molecule has 0 unspecified atom stereocenters. The highest BCUT2D eigenvalue weighted by atomic mass is 31.2. The van der Waals surface area contributed by atoms with Gasteiger partial charge in [0.2, 0.25) is 0 Å². The average molecular weight is 405 g/mol. The number of fused-ring (bicyclic) bond motifs is 2. The van der Waals surface area contributed by atoms with Crippen LogP contribution in [0.25, 0.3) is 11.5 Å². The molecular formula is C25H28NO2P. The van der Waals surface area contributed by atoms with Crippen LogP contribution in [0.5, 0.6) is 0 Å². The standard InChI is InChI=1S/C25H28NO2P/c1-18(23-15-19-12-13-22(23)14-19)26-29(27)16-24(20-8-4-2-5-9-20)28-25(17-29)21-10-6-3-7-11-21/h2-11,16-19,22-23H,12-15H2,1H3,(H,26,27)/t18-,19-,22-,23-/m0/s1. The molecule has 150 valence electrons. The molecule has 0 spiro atoms. The van der Waals surface area contributed by atoms with Crippen molar-refractivity contribution in [2.75, 3.05) is 0 Å². The van der Waals surface area contributed by atoms with Crippen LogP contribution < -0.4 is 5.09 Å². The summed E-state index contributed by atoms with van der Waals surface area (Å²) in [4.78, 5) is 0. The molecule has 2 aromatic rings. The Morgan fingerprint density at radius 3 is 1.97 bits per heavy atom. The summed E-state index contributed by atoms with van der Waals surface area (Å²) in [6.07, 6.45) is 5.36. The summed E-state index contributed by atoms with van der Waals surface area (Å²) in [5.41, 5.74) is 1.90. The summed E-state index contributed by atoms with van der Waals surface area (Å²) in [5.74, 6) is 7.29. The number of rotatable bonds is 5. The number of nitrogens with one attached hydrogen (secondary N) is 1. The van der Waals surface area contributed by atoms with Gasteiger partial charge in [0, 0.05) is 28.8 Å². The van der Waals surface area contributed by atoms with E-state index in [0.717, 1.165) is 23.0 Å². The van der Waals surface area contributed by atoms with Gasteiger partial charge in [0.05, 0.1) is 0 Å². The fraction of sp³-hybridized carbons (Fsp3) is 0.360. The first-order valence-electron chi connectivity index (χ1n) is 10.7. The maximum absolute atomic E-state index is 14.0. The zero-order valence-electron chi connectivity index (χ0n) is 16.8. The Balaban J connectivity index is 1.47. The molecule has 2 aromatic carbocycles. The Hall–Kier alpha value is -2.09. The molecule has 0 aromatic heterocycles. The predicted molar refractivity (Wildman–Crippen MR) is 119 cm³/mol. The zero-order chi connectivity index (χ0) is 19.8. The summed E-state index contributed by atoms with van der Waals surface area (Å²) in [7, 11) is -2.89. The van der Waals surface area contributed by atoms with Crippen LogP contribution in [0.2, 0.25) is 0 Å². The minimum Gasteiger partial charge on any atom is -0.456 e. The summed E-state index contributed by atoms with van der Waals surface area (Å²) >= 11 is 0. The number of benzene rings is 2. The lowest BCUT2D eigenvalue weighted by molar-refractivity contribution is 0.280. The highest BCUT2D eigenvalue weighted by Gasteiger charge is 2.43. The van der Waals surface area contributed by atoms with Gasteiger partial charge in [-0.05, 0) is 43.9 Å². The third-order valence-electron chi connectivity index (χ3n) is 6.80. The van der Waals surface area contributed by atoms with Crippen LogP contribution in [0.4, 0.5) is 0 Å². The maximum atomic E-state index is 14.0. The predicted octanol–water partition coefficient (Wildman–Crippen LogP) is 6.71. The van der Waals surface area contributed by atoms with Gasteiger partial charge in [-0.2, -0.15) is 0 Å².